The Labute approximate surface area is 178 Å². The molecule has 0 amide bonds. The summed E-state index contributed by atoms with van der Waals surface area (Å²) in [4.78, 5) is 9.60. The molecule has 2 aliphatic carbocycles. The van der Waals surface area contributed by atoms with Crippen LogP contribution in [0.2, 0.25) is 0 Å². The summed E-state index contributed by atoms with van der Waals surface area (Å²) in [5.41, 5.74) is 0.142. The largest absolute Gasteiger partial charge is 0.416 e. The van der Waals surface area contributed by atoms with E-state index in [9.17, 15) is 23.4 Å². The molecular formula is C19H19F3N6O2S. The zero-order valence-electron chi connectivity index (χ0n) is 16.1. The molecule has 5 rings (SSSR count). The number of nitrogens with one attached hydrogen (secondary N) is 1. The smallest absolute Gasteiger partial charge is 0.390 e. The van der Waals surface area contributed by atoms with Gasteiger partial charge in [-0.25, -0.2) is 14.6 Å². The molecule has 2 fully saturated rings. The maximum Gasteiger partial charge on any atom is 0.416 e. The lowest BCUT2D eigenvalue weighted by Gasteiger charge is -2.16. The molecule has 0 spiro atoms. The average molecular weight is 452 g/mol. The van der Waals surface area contributed by atoms with E-state index in [0.29, 0.717) is 39.9 Å². The number of rotatable bonds is 5. The number of nitrogens with zero attached hydrogens (tertiary/aromatic N) is 5. The first-order valence-corrected chi connectivity index (χ1v) is 10.7. The van der Waals surface area contributed by atoms with Crippen LogP contribution in [0.1, 0.15) is 37.3 Å². The summed E-state index contributed by atoms with van der Waals surface area (Å²) < 4.78 is 40.0. The van der Waals surface area contributed by atoms with E-state index < -0.39 is 30.0 Å². The van der Waals surface area contributed by atoms with Crippen LogP contribution in [0, 0.1) is 0 Å². The van der Waals surface area contributed by atoms with Gasteiger partial charge in [-0.2, -0.15) is 13.2 Å². The third-order valence-corrected chi connectivity index (χ3v) is 6.35. The molecule has 2 unspecified atom stereocenters. The van der Waals surface area contributed by atoms with Crippen LogP contribution in [0.25, 0.3) is 11.2 Å². The van der Waals surface area contributed by atoms with E-state index in [1.54, 1.807) is 0 Å². The van der Waals surface area contributed by atoms with E-state index in [0.717, 1.165) is 36.7 Å². The zero-order chi connectivity index (χ0) is 21.8. The van der Waals surface area contributed by atoms with Gasteiger partial charge in [0.05, 0.1) is 17.7 Å². The lowest BCUT2D eigenvalue weighted by atomic mass is 10.2. The highest BCUT2D eigenvalue weighted by Crippen LogP contribution is 2.36. The van der Waals surface area contributed by atoms with E-state index >= 15 is 0 Å². The molecule has 164 valence electrons. The van der Waals surface area contributed by atoms with Gasteiger partial charge in [-0.1, -0.05) is 5.21 Å². The monoisotopic (exact) mass is 452 g/mol. The molecule has 0 radical (unpaired) electrons. The van der Waals surface area contributed by atoms with Gasteiger partial charge in [-0.3, -0.25) is 0 Å². The predicted octanol–water partition coefficient (Wildman–Crippen LogP) is 3.02. The number of alkyl halides is 3. The van der Waals surface area contributed by atoms with Gasteiger partial charge in [-0.15, -0.1) is 5.10 Å². The highest BCUT2D eigenvalue weighted by atomic mass is 32.2. The third kappa shape index (κ3) is 4.06. The van der Waals surface area contributed by atoms with Gasteiger partial charge in [0.25, 0.3) is 0 Å². The molecule has 3 N–H and O–H groups in total. The zero-order valence-corrected chi connectivity index (χ0v) is 16.9. The molecule has 0 bridgehead atoms. The lowest BCUT2D eigenvalue weighted by Crippen LogP contribution is -2.28. The average Bonchev–Trinajstić information content (AvgIpc) is 3.35. The maximum absolute atomic E-state index is 12.8. The molecule has 0 aliphatic heterocycles. The Morgan fingerprint density at radius 1 is 1.03 bits per heavy atom. The van der Waals surface area contributed by atoms with Crippen molar-refractivity contribution < 1.29 is 23.4 Å². The number of anilines is 1. The SMILES string of the molecule is OC1C(n2nnc3c(NC4CC4)nc(Sc4ccc(C(F)(F)F)cc4)nc32)CC[C@H]1O. The van der Waals surface area contributed by atoms with E-state index in [-0.39, 0.29) is 6.04 Å². The van der Waals surface area contributed by atoms with Crippen LogP contribution in [0.4, 0.5) is 19.0 Å². The Morgan fingerprint density at radius 3 is 2.39 bits per heavy atom. The molecule has 3 aromatic rings. The van der Waals surface area contributed by atoms with Crippen LogP contribution >= 0.6 is 11.8 Å². The van der Waals surface area contributed by atoms with Crippen molar-refractivity contribution in [1.29, 1.82) is 0 Å². The Morgan fingerprint density at radius 2 is 1.77 bits per heavy atom. The van der Waals surface area contributed by atoms with Gasteiger partial charge in [0, 0.05) is 10.9 Å². The van der Waals surface area contributed by atoms with E-state index in [1.165, 1.54) is 16.8 Å². The normalized spacial score (nSPS) is 24.1. The van der Waals surface area contributed by atoms with Crippen LogP contribution < -0.4 is 5.32 Å². The van der Waals surface area contributed by atoms with Crippen molar-refractivity contribution >= 4 is 28.7 Å². The van der Waals surface area contributed by atoms with Gasteiger partial charge in [0.2, 0.25) is 0 Å². The number of fused-ring (bicyclic) bond motifs is 1. The summed E-state index contributed by atoms with van der Waals surface area (Å²) in [6.07, 6.45) is -3.23. The van der Waals surface area contributed by atoms with Gasteiger partial charge >= 0.3 is 6.18 Å². The van der Waals surface area contributed by atoms with Crippen molar-refractivity contribution in [2.45, 2.75) is 66.2 Å². The van der Waals surface area contributed by atoms with Crippen molar-refractivity contribution in [2.75, 3.05) is 5.32 Å². The predicted molar refractivity (Wildman–Crippen MR) is 106 cm³/mol. The van der Waals surface area contributed by atoms with E-state index in [4.69, 9.17) is 0 Å². The number of aliphatic hydroxyl groups excluding tert-OH is 2. The second kappa shape index (κ2) is 7.61. The van der Waals surface area contributed by atoms with Crippen LogP contribution in [0.5, 0.6) is 0 Å². The van der Waals surface area contributed by atoms with Crippen LogP contribution in [-0.4, -0.2) is 53.4 Å². The highest BCUT2D eigenvalue weighted by Gasteiger charge is 2.37. The Balaban J connectivity index is 1.51. The number of aromatic nitrogens is 5. The number of halogens is 3. The molecule has 12 heteroatoms. The lowest BCUT2D eigenvalue weighted by molar-refractivity contribution is -0.137. The fraction of sp³-hybridized carbons (Fsp3) is 0.474. The summed E-state index contributed by atoms with van der Waals surface area (Å²) >= 11 is 1.13. The van der Waals surface area contributed by atoms with Gasteiger partial charge in [-0.05, 0) is 61.7 Å². The van der Waals surface area contributed by atoms with Crippen LogP contribution in [0.15, 0.2) is 34.3 Å². The minimum Gasteiger partial charge on any atom is -0.390 e. The van der Waals surface area contributed by atoms with Crippen molar-refractivity contribution in [3.63, 3.8) is 0 Å². The summed E-state index contributed by atoms with van der Waals surface area (Å²) in [7, 11) is 0. The van der Waals surface area contributed by atoms with Crippen LogP contribution in [-0.2, 0) is 6.18 Å². The third-order valence-electron chi connectivity index (χ3n) is 5.47. The van der Waals surface area contributed by atoms with Crippen molar-refractivity contribution in [2.24, 2.45) is 0 Å². The molecular weight excluding hydrogens is 433 g/mol. The first-order valence-electron chi connectivity index (χ1n) is 9.90. The van der Waals surface area contributed by atoms with E-state index in [2.05, 4.69) is 25.6 Å². The minimum atomic E-state index is -4.40. The van der Waals surface area contributed by atoms with Gasteiger partial charge in [0.15, 0.2) is 22.1 Å². The maximum atomic E-state index is 12.8. The number of benzene rings is 1. The standard InChI is InChI=1S/C19H19F3N6O2S/c20-19(21,22)9-1-5-11(6-2-9)31-18-24-16(23-10-3-4-10)14-17(25-18)28(27-26-14)12-7-8-13(29)15(12)30/h1-2,5-6,10,12-13,15,29-30H,3-4,7-8H2,(H,23,24,25)/t12?,13-,15?/m1/s1. The first kappa shape index (κ1) is 20.5. The molecule has 1 aromatic carbocycles. The van der Waals surface area contributed by atoms with Crippen molar-refractivity contribution in [1.82, 2.24) is 25.0 Å². The fourth-order valence-electron chi connectivity index (χ4n) is 3.62. The number of hydrogen-bond acceptors (Lipinski definition) is 8. The molecule has 8 nitrogen and oxygen atoms in total. The second-order valence-electron chi connectivity index (χ2n) is 7.81. The minimum absolute atomic E-state index is 0.283. The van der Waals surface area contributed by atoms with Crippen molar-refractivity contribution in [3.05, 3.63) is 29.8 Å². The summed E-state index contributed by atoms with van der Waals surface area (Å²) in [5, 5.41) is 32.2. The molecule has 3 atom stereocenters. The summed E-state index contributed by atoms with van der Waals surface area (Å²) in [5.74, 6) is 0.501. The Kier molecular flexibility index (Phi) is 5.02. The Hall–Kier alpha value is -2.44. The second-order valence-corrected chi connectivity index (χ2v) is 8.85. The molecule has 0 saturated heterocycles. The highest BCUT2D eigenvalue weighted by molar-refractivity contribution is 7.99. The molecule has 31 heavy (non-hydrogen) atoms. The molecule has 2 aliphatic rings. The summed E-state index contributed by atoms with van der Waals surface area (Å²) in [6, 6.07) is 4.61. The summed E-state index contributed by atoms with van der Waals surface area (Å²) in [6.45, 7) is 0. The Bertz CT molecular complexity index is 1100. The van der Waals surface area contributed by atoms with Gasteiger partial charge in [0.1, 0.15) is 6.10 Å². The fourth-order valence-corrected chi connectivity index (χ4v) is 4.38. The number of hydrogen-bond donors (Lipinski definition) is 3. The first-order chi connectivity index (χ1) is 14.8. The van der Waals surface area contributed by atoms with Gasteiger partial charge < -0.3 is 15.5 Å². The molecule has 2 saturated carbocycles. The molecule has 2 aromatic heterocycles. The van der Waals surface area contributed by atoms with E-state index in [1.807, 2.05) is 0 Å². The molecule has 2 heterocycles. The topological polar surface area (TPSA) is 109 Å². The van der Waals surface area contributed by atoms with Crippen LogP contribution in [0.3, 0.4) is 0 Å². The van der Waals surface area contributed by atoms with Crippen molar-refractivity contribution in [3.8, 4) is 0 Å². The number of aliphatic hydroxyl groups is 2. The quantitative estimate of drug-likeness (QED) is 0.507.